The summed E-state index contributed by atoms with van der Waals surface area (Å²) < 4.78 is 53.1. The quantitative estimate of drug-likeness (QED) is 0.651. The Morgan fingerprint density at radius 2 is 1.60 bits per heavy atom. The van der Waals surface area contributed by atoms with Crippen LogP contribution in [0.5, 0.6) is 0 Å². The lowest BCUT2D eigenvalue weighted by molar-refractivity contribution is 0.438. The minimum absolute atomic E-state index is 0.00951. The summed E-state index contributed by atoms with van der Waals surface area (Å²) in [6.45, 7) is 1.49. The summed E-state index contributed by atoms with van der Waals surface area (Å²) in [4.78, 5) is 0. The van der Waals surface area contributed by atoms with Crippen molar-refractivity contribution in [2.45, 2.75) is 13.0 Å². The molecule has 0 fully saturated rings. The third kappa shape index (κ3) is 2.51. The van der Waals surface area contributed by atoms with Crippen LogP contribution < -0.4 is 5.73 Å². The van der Waals surface area contributed by atoms with E-state index in [1.165, 1.54) is 13.0 Å². The van der Waals surface area contributed by atoms with Gasteiger partial charge in [-0.05, 0) is 36.2 Å². The van der Waals surface area contributed by atoms with Gasteiger partial charge in [-0.2, -0.15) is 0 Å². The van der Waals surface area contributed by atoms with Gasteiger partial charge in [-0.1, -0.05) is 17.7 Å². The van der Waals surface area contributed by atoms with E-state index in [0.29, 0.717) is 0 Å². The molecule has 0 spiro atoms. The van der Waals surface area contributed by atoms with E-state index in [9.17, 15) is 17.6 Å². The predicted octanol–water partition coefficient (Wildman–Crippen LogP) is 4.25. The summed E-state index contributed by atoms with van der Waals surface area (Å²) in [7, 11) is 0. The molecule has 0 saturated heterocycles. The Morgan fingerprint density at radius 1 is 0.950 bits per heavy atom. The second kappa shape index (κ2) is 5.42. The molecule has 0 aliphatic heterocycles. The molecule has 2 rings (SSSR count). The fourth-order valence-corrected chi connectivity index (χ4v) is 2.13. The Hall–Kier alpha value is -1.59. The van der Waals surface area contributed by atoms with Gasteiger partial charge in [-0.3, -0.25) is 0 Å². The van der Waals surface area contributed by atoms with E-state index in [4.69, 9.17) is 17.3 Å². The molecule has 2 aromatic carbocycles. The largest absolute Gasteiger partial charge is 0.320 e. The van der Waals surface area contributed by atoms with Gasteiger partial charge in [0.2, 0.25) is 0 Å². The molecule has 0 aromatic heterocycles. The highest BCUT2D eigenvalue weighted by Gasteiger charge is 2.21. The molecule has 1 unspecified atom stereocenters. The lowest BCUT2D eigenvalue weighted by Gasteiger charge is -2.16. The van der Waals surface area contributed by atoms with E-state index in [0.717, 1.165) is 18.2 Å². The number of halogens is 5. The van der Waals surface area contributed by atoms with Gasteiger partial charge in [0.1, 0.15) is 5.82 Å². The molecule has 1 nitrogen and oxygen atoms in total. The SMILES string of the molecule is Cc1cc(C(N)c2ccc(F)c(F)c2F)c(Cl)cc1F. The van der Waals surface area contributed by atoms with Gasteiger partial charge in [0, 0.05) is 10.6 Å². The van der Waals surface area contributed by atoms with Crippen molar-refractivity contribution in [2.24, 2.45) is 5.73 Å². The standard InChI is InChI=1S/C14H10ClF4N/c1-6-4-8(9(15)5-11(6)17)14(20)7-2-3-10(16)13(19)12(7)18/h2-5,14H,20H2,1H3. The van der Waals surface area contributed by atoms with E-state index in [1.807, 2.05) is 0 Å². The first-order valence-corrected chi connectivity index (χ1v) is 6.05. The molecule has 0 aliphatic rings. The highest BCUT2D eigenvalue weighted by molar-refractivity contribution is 6.31. The van der Waals surface area contributed by atoms with Crippen LogP contribution in [0.1, 0.15) is 22.7 Å². The molecule has 0 saturated carbocycles. The van der Waals surface area contributed by atoms with Crippen LogP contribution in [0.3, 0.4) is 0 Å². The fraction of sp³-hybridized carbons (Fsp3) is 0.143. The number of hydrogen-bond donors (Lipinski definition) is 1. The van der Waals surface area contributed by atoms with Crippen LogP contribution >= 0.6 is 11.6 Å². The van der Waals surface area contributed by atoms with Gasteiger partial charge >= 0.3 is 0 Å². The van der Waals surface area contributed by atoms with Crippen molar-refractivity contribution in [3.63, 3.8) is 0 Å². The molecule has 0 bridgehead atoms. The predicted molar refractivity (Wildman–Crippen MR) is 68.5 cm³/mol. The summed E-state index contributed by atoms with van der Waals surface area (Å²) >= 11 is 5.86. The van der Waals surface area contributed by atoms with E-state index >= 15 is 0 Å². The lowest BCUT2D eigenvalue weighted by Crippen LogP contribution is -2.16. The van der Waals surface area contributed by atoms with Crippen LogP contribution in [0.25, 0.3) is 0 Å². The highest BCUT2D eigenvalue weighted by Crippen LogP contribution is 2.31. The Morgan fingerprint density at radius 3 is 2.25 bits per heavy atom. The van der Waals surface area contributed by atoms with Crippen LogP contribution in [0, 0.1) is 30.2 Å². The van der Waals surface area contributed by atoms with Crippen molar-refractivity contribution in [2.75, 3.05) is 0 Å². The van der Waals surface area contributed by atoms with Crippen molar-refractivity contribution in [1.82, 2.24) is 0 Å². The Labute approximate surface area is 118 Å². The molecule has 2 aromatic rings. The van der Waals surface area contributed by atoms with Crippen LogP contribution in [-0.2, 0) is 0 Å². The number of rotatable bonds is 2. The second-order valence-corrected chi connectivity index (χ2v) is 4.77. The average molecular weight is 304 g/mol. The molecule has 20 heavy (non-hydrogen) atoms. The maximum atomic E-state index is 13.7. The molecule has 2 N–H and O–H groups in total. The van der Waals surface area contributed by atoms with Gasteiger partial charge in [0.25, 0.3) is 0 Å². The van der Waals surface area contributed by atoms with E-state index in [-0.39, 0.29) is 21.7 Å². The van der Waals surface area contributed by atoms with Crippen LogP contribution in [-0.4, -0.2) is 0 Å². The molecular formula is C14H10ClF4N. The summed E-state index contributed by atoms with van der Waals surface area (Å²) in [5.74, 6) is -4.82. The minimum Gasteiger partial charge on any atom is -0.320 e. The minimum atomic E-state index is -1.60. The van der Waals surface area contributed by atoms with Crippen molar-refractivity contribution < 1.29 is 17.6 Å². The van der Waals surface area contributed by atoms with Gasteiger partial charge in [0.15, 0.2) is 17.5 Å². The normalized spacial score (nSPS) is 12.6. The van der Waals surface area contributed by atoms with E-state index in [1.54, 1.807) is 0 Å². The first-order valence-electron chi connectivity index (χ1n) is 5.67. The second-order valence-electron chi connectivity index (χ2n) is 4.37. The van der Waals surface area contributed by atoms with Gasteiger partial charge < -0.3 is 5.73 Å². The van der Waals surface area contributed by atoms with Crippen LogP contribution in [0.15, 0.2) is 24.3 Å². The zero-order valence-electron chi connectivity index (χ0n) is 10.4. The summed E-state index contributed by atoms with van der Waals surface area (Å²) in [6, 6.07) is 3.08. The van der Waals surface area contributed by atoms with E-state index < -0.39 is 29.3 Å². The first-order chi connectivity index (χ1) is 9.32. The van der Waals surface area contributed by atoms with E-state index in [2.05, 4.69) is 0 Å². The summed E-state index contributed by atoms with van der Waals surface area (Å²) in [6.07, 6.45) is 0. The number of nitrogens with two attached hydrogens (primary N) is 1. The third-order valence-electron chi connectivity index (χ3n) is 3.01. The molecule has 0 heterocycles. The Balaban J connectivity index is 2.55. The van der Waals surface area contributed by atoms with Crippen molar-refractivity contribution in [3.8, 4) is 0 Å². The van der Waals surface area contributed by atoms with Crippen LogP contribution in [0.4, 0.5) is 17.6 Å². The first kappa shape index (κ1) is 14.8. The van der Waals surface area contributed by atoms with Gasteiger partial charge in [-0.15, -0.1) is 0 Å². The summed E-state index contributed by atoms with van der Waals surface area (Å²) in [5.41, 5.74) is 6.07. The smallest absolute Gasteiger partial charge is 0.194 e. The molecule has 1 atom stereocenters. The van der Waals surface area contributed by atoms with Crippen molar-refractivity contribution in [3.05, 3.63) is 69.2 Å². The lowest BCUT2D eigenvalue weighted by atomic mass is 9.97. The number of hydrogen-bond acceptors (Lipinski definition) is 1. The van der Waals surface area contributed by atoms with Crippen molar-refractivity contribution in [1.29, 1.82) is 0 Å². The Bertz CT molecular complexity index is 671. The fourth-order valence-electron chi connectivity index (χ4n) is 1.87. The Kier molecular flexibility index (Phi) is 4.01. The molecule has 0 amide bonds. The molecule has 106 valence electrons. The maximum absolute atomic E-state index is 13.7. The topological polar surface area (TPSA) is 26.0 Å². The van der Waals surface area contributed by atoms with Crippen LogP contribution in [0.2, 0.25) is 5.02 Å². The highest BCUT2D eigenvalue weighted by atomic mass is 35.5. The number of benzene rings is 2. The third-order valence-corrected chi connectivity index (χ3v) is 3.34. The molecular weight excluding hydrogens is 294 g/mol. The maximum Gasteiger partial charge on any atom is 0.194 e. The van der Waals surface area contributed by atoms with Gasteiger partial charge in [0.05, 0.1) is 6.04 Å². The molecule has 0 aliphatic carbocycles. The number of aryl methyl sites for hydroxylation is 1. The molecule has 0 radical (unpaired) electrons. The molecule has 6 heteroatoms. The summed E-state index contributed by atoms with van der Waals surface area (Å²) in [5, 5.41) is -0.00951. The van der Waals surface area contributed by atoms with Crippen molar-refractivity contribution >= 4 is 11.6 Å². The average Bonchev–Trinajstić information content (AvgIpc) is 2.40. The van der Waals surface area contributed by atoms with Gasteiger partial charge in [-0.25, -0.2) is 17.6 Å². The zero-order chi connectivity index (χ0) is 15.0. The monoisotopic (exact) mass is 303 g/mol. The zero-order valence-corrected chi connectivity index (χ0v) is 11.1.